The smallest absolute Gasteiger partial charge is 0.349 e. The van der Waals surface area contributed by atoms with Gasteiger partial charge in [0.1, 0.15) is 18.1 Å². The van der Waals surface area contributed by atoms with E-state index in [0.717, 1.165) is 11.3 Å². The van der Waals surface area contributed by atoms with E-state index in [1.165, 1.54) is 0 Å². The summed E-state index contributed by atoms with van der Waals surface area (Å²) in [6.07, 6.45) is 0. The molecule has 1 aliphatic rings. The minimum absolute atomic E-state index is 0.150. The summed E-state index contributed by atoms with van der Waals surface area (Å²) in [7, 11) is 0. The highest BCUT2D eigenvalue weighted by Crippen LogP contribution is 2.32. The molecule has 2 aromatic rings. The van der Waals surface area contributed by atoms with E-state index in [9.17, 15) is 14.4 Å². The van der Waals surface area contributed by atoms with Gasteiger partial charge in [0.05, 0.1) is 5.00 Å². The van der Waals surface area contributed by atoms with Crippen LogP contribution in [-0.2, 0) is 14.3 Å². The molecule has 0 spiro atoms. The van der Waals surface area contributed by atoms with E-state index < -0.39 is 23.9 Å². The third kappa shape index (κ3) is 5.29. The molecule has 0 unspecified atom stereocenters. The van der Waals surface area contributed by atoms with Gasteiger partial charge in [-0.1, -0.05) is 20.8 Å². The monoisotopic (exact) mass is 432 g/mol. The van der Waals surface area contributed by atoms with E-state index in [2.05, 4.69) is 10.6 Å². The van der Waals surface area contributed by atoms with E-state index in [-0.39, 0.29) is 5.91 Å². The number of benzene rings is 1. The number of rotatable bonds is 5. The Bertz CT molecular complexity index is 976. The number of esters is 1. The quantitative estimate of drug-likeness (QED) is 0.700. The van der Waals surface area contributed by atoms with Crippen LogP contribution in [0.25, 0.3) is 0 Å². The number of anilines is 2. The predicted octanol–water partition coefficient (Wildman–Crippen LogP) is 3.61. The fraction of sp³-hybridized carbons (Fsp3) is 0.381. The molecule has 0 fully saturated rings. The van der Waals surface area contributed by atoms with Crippen LogP contribution in [0.2, 0.25) is 0 Å². The average Bonchev–Trinajstić information content (AvgIpc) is 3.05. The lowest BCUT2D eigenvalue weighted by Gasteiger charge is -2.19. The molecule has 8 nitrogen and oxygen atoms in total. The summed E-state index contributed by atoms with van der Waals surface area (Å²) in [5, 5.41) is 6.00. The summed E-state index contributed by atoms with van der Waals surface area (Å²) < 4.78 is 16.0. The second-order valence-corrected chi connectivity index (χ2v) is 8.86. The lowest BCUT2D eigenvalue weighted by molar-refractivity contribution is -0.123. The number of carbonyl (C=O) groups is 3. The highest BCUT2D eigenvalue weighted by Gasteiger charge is 2.23. The number of aryl methyl sites for hydroxylation is 1. The first kappa shape index (κ1) is 21.6. The maximum atomic E-state index is 12.4. The Hall–Kier alpha value is -3.07. The lowest BCUT2D eigenvalue weighted by atomic mass is 9.96. The molecular formula is C21H24N2O6S. The molecule has 2 amide bonds. The molecule has 160 valence electrons. The van der Waals surface area contributed by atoms with Crippen molar-refractivity contribution in [1.82, 2.24) is 0 Å². The van der Waals surface area contributed by atoms with Crippen LogP contribution in [0.4, 0.5) is 10.7 Å². The fourth-order valence-corrected chi connectivity index (χ4v) is 3.52. The van der Waals surface area contributed by atoms with Crippen molar-refractivity contribution in [1.29, 1.82) is 0 Å². The van der Waals surface area contributed by atoms with Gasteiger partial charge in [0.15, 0.2) is 18.1 Å². The average molecular weight is 432 g/mol. The van der Waals surface area contributed by atoms with Crippen molar-refractivity contribution in [3.8, 4) is 11.5 Å². The van der Waals surface area contributed by atoms with Gasteiger partial charge in [0.2, 0.25) is 5.91 Å². The third-order valence-corrected chi connectivity index (χ3v) is 5.31. The highest BCUT2D eigenvalue weighted by molar-refractivity contribution is 7.18. The molecule has 9 heteroatoms. The number of thiophene rings is 1. The van der Waals surface area contributed by atoms with Crippen molar-refractivity contribution in [3.05, 3.63) is 34.7 Å². The Labute approximate surface area is 178 Å². The van der Waals surface area contributed by atoms with Crippen LogP contribution >= 0.6 is 11.3 Å². The van der Waals surface area contributed by atoms with Crippen LogP contribution in [0.15, 0.2) is 24.3 Å². The number of carbonyl (C=O) groups excluding carboxylic acids is 3. The van der Waals surface area contributed by atoms with Gasteiger partial charge in [-0.3, -0.25) is 9.59 Å². The standard InChI is InChI=1S/C21H24N2O6S/c1-12-9-17(23-20(26)21(2,3)4)30-18(12)19(25)29-11-16(24)22-13-5-6-14-15(10-13)28-8-7-27-14/h5-6,9-10H,7-8,11H2,1-4H3,(H,22,24)(H,23,26). The van der Waals surface area contributed by atoms with E-state index in [0.29, 0.717) is 45.8 Å². The fourth-order valence-electron chi connectivity index (χ4n) is 2.56. The van der Waals surface area contributed by atoms with Gasteiger partial charge >= 0.3 is 5.97 Å². The molecule has 1 aromatic heterocycles. The van der Waals surface area contributed by atoms with Gasteiger partial charge in [0.25, 0.3) is 5.91 Å². The second kappa shape index (κ2) is 8.74. The number of fused-ring (bicyclic) bond motifs is 1. The van der Waals surface area contributed by atoms with E-state index in [4.69, 9.17) is 14.2 Å². The zero-order valence-corrected chi connectivity index (χ0v) is 18.1. The first-order valence-electron chi connectivity index (χ1n) is 9.42. The molecule has 2 N–H and O–H groups in total. The molecule has 0 bridgehead atoms. The highest BCUT2D eigenvalue weighted by atomic mass is 32.1. The van der Waals surface area contributed by atoms with Crippen LogP contribution in [0.3, 0.4) is 0 Å². The van der Waals surface area contributed by atoms with Crippen LogP contribution in [0.5, 0.6) is 11.5 Å². The maximum absolute atomic E-state index is 12.4. The van der Waals surface area contributed by atoms with E-state index >= 15 is 0 Å². The number of ether oxygens (including phenoxy) is 3. The Morgan fingerprint density at radius 2 is 1.77 bits per heavy atom. The summed E-state index contributed by atoms with van der Waals surface area (Å²) >= 11 is 1.11. The minimum atomic E-state index is -0.619. The molecular weight excluding hydrogens is 408 g/mol. The summed E-state index contributed by atoms with van der Waals surface area (Å²) in [6, 6.07) is 6.75. The molecule has 0 atom stereocenters. The molecule has 1 aromatic carbocycles. The topological polar surface area (TPSA) is 103 Å². The van der Waals surface area contributed by atoms with Crippen molar-refractivity contribution >= 4 is 39.8 Å². The van der Waals surface area contributed by atoms with Crippen molar-refractivity contribution < 1.29 is 28.6 Å². The Morgan fingerprint density at radius 3 is 2.47 bits per heavy atom. The molecule has 0 radical (unpaired) electrons. The second-order valence-electron chi connectivity index (χ2n) is 7.81. The zero-order valence-electron chi connectivity index (χ0n) is 17.3. The SMILES string of the molecule is Cc1cc(NC(=O)C(C)(C)C)sc1C(=O)OCC(=O)Nc1ccc2c(c1)OCCO2. The zero-order chi connectivity index (χ0) is 21.9. The maximum Gasteiger partial charge on any atom is 0.349 e. The molecule has 2 heterocycles. The van der Waals surface area contributed by atoms with Gasteiger partial charge in [-0.25, -0.2) is 4.79 Å². The summed E-state index contributed by atoms with van der Waals surface area (Å²) in [6.45, 7) is 7.65. The largest absolute Gasteiger partial charge is 0.486 e. The summed E-state index contributed by atoms with van der Waals surface area (Å²) in [5.74, 6) is -0.0765. The summed E-state index contributed by atoms with van der Waals surface area (Å²) in [4.78, 5) is 37.0. The third-order valence-electron chi connectivity index (χ3n) is 4.18. The van der Waals surface area contributed by atoms with Crippen molar-refractivity contribution in [2.45, 2.75) is 27.7 Å². The van der Waals surface area contributed by atoms with Crippen molar-refractivity contribution in [2.24, 2.45) is 5.41 Å². The molecule has 30 heavy (non-hydrogen) atoms. The van der Waals surface area contributed by atoms with Crippen molar-refractivity contribution in [2.75, 3.05) is 30.5 Å². The number of hydrogen-bond donors (Lipinski definition) is 2. The molecule has 0 saturated heterocycles. The minimum Gasteiger partial charge on any atom is -0.486 e. The van der Waals surface area contributed by atoms with E-state index in [1.807, 2.05) is 0 Å². The molecule has 0 aliphatic carbocycles. The van der Waals surface area contributed by atoms with Crippen LogP contribution < -0.4 is 20.1 Å². The van der Waals surface area contributed by atoms with Crippen LogP contribution in [0, 0.1) is 12.3 Å². The molecule has 0 saturated carbocycles. The van der Waals surface area contributed by atoms with Gasteiger partial charge in [0, 0.05) is 17.2 Å². The Kier molecular flexibility index (Phi) is 6.31. The van der Waals surface area contributed by atoms with Gasteiger partial charge < -0.3 is 24.8 Å². The first-order valence-corrected chi connectivity index (χ1v) is 10.2. The normalized spacial score (nSPS) is 12.8. The Morgan fingerprint density at radius 1 is 1.07 bits per heavy atom. The van der Waals surface area contributed by atoms with Crippen LogP contribution in [0.1, 0.15) is 36.0 Å². The predicted molar refractivity (Wildman–Crippen MR) is 113 cm³/mol. The lowest BCUT2D eigenvalue weighted by Crippen LogP contribution is -2.27. The van der Waals surface area contributed by atoms with Crippen LogP contribution in [-0.4, -0.2) is 37.6 Å². The molecule has 3 rings (SSSR count). The van der Waals surface area contributed by atoms with Gasteiger partial charge in [-0.05, 0) is 30.7 Å². The van der Waals surface area contributed by atoms with E-state index in [1.54, 1.807) is 52.0 Å². The number of hydrogen-bond acceptors (Lipinski definition) is 7. The van der Waals surface area contributed by atoms with Gasteiger partial charge in [-0.15, -0.1) is 11.3 Å². The molecule has 1 aliphatic heterocycles. The van der Waals surface area contributed by atoms with Gasteiger partial charge in [-0.2, -0.15) is 0 Å². The Balaban J connectivity index is 1.55. The number of nitrogens with one attached hydrogen (secondary N) is 2. The first-order chi connectivity index (χ1) is 14.1. The summed E-state index contributed by atoms with van der Waals surface area (Å²) in [5.41, 5.74) is 0.631. The van der Waals surface area contributed by atoms with Crippen molar-refractivity contribution in [3.63, 3.8) is 0 Å². The number of amides is 2.